The van der Waals surface area contributed by atoms with Crippen LogP contribution in [-0.2, 0) is 20.9 Å². The number of H-pyrrole nitrogens is 1. The maximum atomic E-state index is 13.7. The zero-order valence-corrected chi connectivity index (χ0v) is 28.8. The third kappa shape index (κ3) is 8.05. The van der Waals surface area contributed by atoms with Gasteiger partial charge in [0.1, 0.15) is 22.8 Å². The van der Waals surface area contributed by atoms with E-state index in [1.807, 2.05) is 30.5 Å². The van der Waals surface area contributed by atoms with Gasteiger partial charge in [0.25, 0.3) is 0 Å². The summed E-state index contributed by atoms with van der Waals surface area (Å²) < 4.78 is 22.5. The van der Waals surface area contributed by atoms with Crippen molar-refractivity contribution < 1.29 is 43.5 Å². The van der Waals surface area contributed by atoms with Gasteiger partial charge in [-0.05, 0) is 79.6 Å². The highest BCUT2D eigenvalue weighted by atomic mass is 16.5. The first-order valence-electron chi connectivity index (χ1n) is 16.7. The van der Waals surface area contributed by atoms with Gasteiger partial charge in [-0.25, -0.2) is 4.79 Å². The topological polar surface area (TPSA) is 156 Å². The van der Waals surface area contributed by atoms with Gasteiger partial charge < -0.3 is 39.5 Å². The fourth-order valence-corrected chi connectivity index (χ4v) is 6.46. The SMILES string of the molecule is COc1cc(C(CC(=O)NCc2cccc3[nH]ccc23)c2c(O)cc3c(c2O)C(=O)O[C@@H](C)CCCC(=O)CCCC=C3)cc(OC)c1OC. The molecule has 11 heteroatoms. The van der Waals surface area contributed by atoms with E-state index in [1.54, 1.807) is 31.2 Å². The van der Waals surface area contributed by atoms with E-state index in [4.69, 9.17) is 18.9 Å². The lowest BCUT2D eigenvalue weighted by molar-refractivity contribution is -0.121. The van der Waals surface area contributed by atoms with Crippen molar-refractivity contribution in [3.8, 4) is 28.7 Å². The number of methoxy groups -OCH3 is 3. The highest BCUT2D eigenvalue weighted by molar-refractivity contribution is 5.98. The normalized spacial score (nSPS) is 16.2. The summed E-state index contributed by atoms with van der Waals surface area (Å²) in [6.07, 6.45) is 7.58. The predicted octanol–water partition coefficient (Wildman–Crippen LogP) is 6.93. The number of carbonyl (C=O) groups excluding carboxylic acids is 3. The number of Topliss-reactive ketones (excluding diaryl/α,β-unsaturated/α-hetero) is 1. The quantitative estimate of drug-likeness (QED) is 0.137. The number of aromatic nitrogens is 1. The molecule has 4 aromatic rings. The number of aromatic hydroxyl groups is 2. The Balaban J connectivity index is 1.60. The molecule has 5 rings (SSSR count). The second-order valence-corrected chi connectivity index (χ2v) is 12.4. The lowest BCUT2D eigenvalue weighted by Gasteiger charge is -2.24. The number of carbonyl (C=O) groups is 3. The second-order valence-electron chi connectivity index (χ2n) is 12.4. The number of amides is 1. The van der Waals surface area contributed by atoms with Crippen LogP contribution in [-0.4, -0.2) is 60.3 Å². The first-order chi connectivity index (χ1) is 24.1. The van der Waals surface area contributed by atoms with Crippen LogP contribution in [0.4, 0.5) is 0 Å². The van der Waals surface area contributed by atoms with Crippen molar-refractivity contribution in [2.24, 2.45) is 0 Å². The molecule has 50 heavy (non-hydrogen) atoms. The Morgan fingerprint density at radius 1 is 1.02 bits per heavy atom. The van der Waals surface area contributed by atoms with Crippen molar-refractivity contribution in [3.05, 3.63) is 82.6 Å². The van der Waals surface area contributed by atoms with Crippen LogP contribution in [0.25, 0.3) is 17.0 Å². The number of aromatic amines is 1. The summed E-state index contributed by atoms with van der Waals surface area (Å²) in [5.41, 5.74) is 2.38. The number of esters is 1. The predicted molar refractivity (Wildman–Crippen MR) is 189 cm³/mol. The Hall–Kier alpha value is -5.45. The number of allylic oxidation sites excluding steroid dienone is 1. The third-order valence-corrected chi connectivity index (χ3v) is 9.04. The molecule has 4 N–H and O–H groups in total. The summed E-state index contributed by atoms with van der Waals surface area (Å²) in [4.78, 5) is 42.9. The molecule has 3 aromatic carbocycles. The van der Waals surface area contributed by atoms with Crippen LogP contribution >= 0.6 is 0 Å². The average Bonchev–Trinajstić information content (AvgIpc) is 3.58. The highest BCUT2D eigenvalue weighted by Crippen LogP contribution is 2.47. The van der Waals surface area contributed by atoms with Crippen LogP contribution in [0.5, 0.6) is 28.7 Å². The molecular weight excluding hydrogens is 640 g/mol. The molecule has 1 aromatic heterocycles. The molecule has 1 unspecified atom stereocenters. The summed E-state index contributed by atoms with van der Waals surface area (Å²) >= 11 is 0. The first-order valence-corrected chi connectivity index (χ1v) is 16.7. The van der Waals surface area contributed by atoms with E-state index in [9.17, 15) is 24.6 Å². The Labute approximate surface area is 291 Å². The molecule has 1 aliphatic rings. The Morgan fingerprint density at radius 3 is 2.48 bits per heavy atom. The molecule has 0 aliphatic carbocycles. The van der Waals surface area contributed by atoms with Crippen LogP contribution in [0.15, 0.2) is 54.7 Å². The van der Waals surface area contributed by atoms with E-state index in [-0.39, 0.29) is 47.1 Å². The minimum atomic E-state index is -0.981. The molecule has 2 atom stereocenters. The number of ketones is 1. The number of phenolic OH excluding ortho intramolecular Hbond substituents is 2. The number of ether oxygens (including phenoxy) is 4. The molecule has 0 saturated heterocycles. The largest absolute Gasteiger partial charge is 0.507 e. The molecule has 11 nitrogen and oxygen atoms in total. The van der Waals surface area contributed by atoms with Gasteiger partial charge in [0.2, 0.25) is 11.7 Å². The number of rotatable bonds is 9. The molecule has 1 amide bonds. The number of fused-ring (bicyclic) bond motifs is 2. The number of cyclic esters (lactones) is 1. The lowest BCUT2D eigenvalue weighted by atomic mass is 9.84. The molecule has 0 bridgehead atoms. The van der Waals surface area contributed by atoms with Crippen LogP contribution in [0.2, 0.25) is 0 Å². The minimum Gasteiger partial charge on any atom is -0.507 e. The highest BCUT2D eigenvalue weighted by Gasteiger charge is 2.32. The minimum absolute atomic E-state index is 0.0365. The van der Waals surface area contributed by atoms with E-state index >= 15 is 0 Å². The van der Waals surface area contributed by atoms with Gasteiger partial charge >= 0.3 is 5.97 Å². The number of hydrogen-bond donors (Lipinski definition) is 4. The van der Waals surface area contributed by atoms with Crippen molar-refractivity contribution >= 4 is 34.6 Å². The average molecular weight is 685 g/mol. The number of phenols is 2. The summed E-state index contributed by atoms with van der Waals surface area (Å²) in [6.45, 7) is 1.97. The fraction of sp³-hybridized carbons (Fsp3) is 0.359. The molecule has 0 radical (unpaired) electrons. The number of nitrogens with one attached hydrogen (secondary N) is 2. The second kappa shape index (κ2) is 16.3. The fourth-order valence-electron chi connectivity index (χ4n) is 6.46. The van der Waals surface area contributed by atoms with Gasteiger partial charge in [0.05, 0.1) is 27.4 Å². The van der Waals surface area contributed by atoms with E-state index in [0.29, 0.717) is 61.3 Å². The monoisotopic (exact) mass is 684 g/mol. The van der Waals surface area contributed by atoms with Crippen LogP contribution in [0, 0.1) is 0 Å². The lowest BCUT2D eigenvalue weighted by Crippen LogP contribution is -2.25. The van der Waals surface area contributed by atoms with Gasteiger partial charge in [-0.2, -0.15) is 0 Å². The standard InChI is InChI=1S/C39H44N2O9/c1-23-10-8-14-27(42)13-7-5-6-11-24-18-31(43)36(37(45)35(24)39(46)50-23)29(26-19-32(47-2)38(49-4)33(20-26)48-3)21-34(44)41-22-25-12-9-15-30-28(25)16-17-40-30/h6,9,11-12,15-20,23,29,40,43,45H,5,7-8,10,13-14,21-22H2,1-4H3,(H,41,44)/t23-,29?/m0/s1. The van der Waals surface area contributed by atoms with Gasteiger partial charge in [-0.1, -0.05) is 24.3 Å². The van der Waals surface area contributed by atoms with Gasteiger partial charge in [-0.3, -0.25) is 9.59 Å². The van der Waals surface area contributed by atoms with E-state index in [2.05, 4.69) is 10.3 Å². The van der Waals surface area contributed by atoms with E-state index in [1.165, 1.54) is 27.4 Å². The van der Waals surface area contributed by atoms with Crippen molar-refractivity contribution in [1.29, 1.82) is 0 Å². The van der Waals surface area contributed by atoms with Crippen LogP contribution < -0.4 is 19.5 Å². The van der Waals surface area contributed by atoms with Crippen molar-refractivity contribution in [1.82, 2.24) is 10.3 Å². The summed E-state index contributed by atoms with van der Waals surface area (Å²) in [5, 5.41) is 27.5. The molecular formula is C39H44N2O9. The molecule has 0 spiro atoms. The smallest absolute Gasteiger partial charge is 0.342 e. The Morgan fingerprint density at radius 2 is 1.76 bits per heavy atom. The summed E-state index contributed by atoms with van der Waals surface area (Å²) in [7, 11) is 4.40. The Kier molecular flexibility index (Phi) is 11.7. The number of benzene rings is 3. The molecule has 264 valence electrons. The van der Waals surface area contributed by atoms with Crippen LogP contribution in [0.1, 0.15) is 90.4 Å². The van der Waals surface area contributed by atoms with E-state index < -0.39 is 23.7 Å². The number of hydrogen-bond acceptors (Lipinski definition) is 9. The van der Waals surface area contributed by atoms with Gasteiger partial charge in [0, 0.05) is 54.4 Å². The van der Waals surface area contributed by atoms with Gasteiger partial charge in [-0.15, -0.1) is 0 Å². The van der Waals surface area contributed by atoms with Crippen LogP contribution in [0.3, 0.4) is 0 Å². The summed E-state index contributed by atoms with van der Waals surface area (Å²) in [5.74, 6) is -1.88. The van der Waals surface area contributed by atoms with Crippen molar-refractivity contribution in [3.63, 3.8) is 0 Å². The molecule has 0 fully saturated rings. The molecule has 1 aliphatic heterocycles. The van der Waals surface area contributed by atoms with Gasteiger partial charge in [0.15, 0.2) is 11.5 Å². The third-order valence-electron chi connectivity index (χ3n) is 9.04. The summed E-state index contributed by atoms with van der Waals surface area (Å²) in [6, 6.07) is 12.4. The molecule has 0 saturated carbocycles. The zero-order valence-electron chi connectivity index (χ0n) is 28.8. The van der Waals surface area contributed by atoms with Crippen molar-refractivity contribution in [2.75, 3.05) is 21.3 Å². The zero-order chi connectivity index (χ0) is 35.8. The molecule has 2 heterocycles. The Bertz CT molecular complexity index is 1870. The maximum absolute atomic E-state index is 13.7. The maximum Gasteiger partial charge on any atom is 0.342 e. The van der Waals surface area contributed by atoms with Crippen molar-refractivity contribution in [2.45, 2.75) is 70.4 Å². The van der Waals surface area contributed by atoms with E-state index in [0.717, 1.165) is 16.5 Å². The first kappa shape index (κ1) is 35.8.